The average Bonchev–Trinajstić information content (AvgIpc) is 2.62. The van der Waals surface area contributed by atoms with Gasteiger partial charge in [-0.1, -0.05) is 6.07 Å². The number of halogens is 3. The third-order valence-electron chi connectivity index (χ3n) is 3.28. The first-order valence-electron chi connectivity index (χ1n) is 7.13. The third kappa shape index (κ3) is 4.03. The predicted molar refractivity (Wildman–Crippen MR) is 83.3 cm³/mol. The van der Waals surface area contributed by atoms with Gasteiger partial charge in [0.25, 0.3) is 0 Å². The van der Waals surface area contributed by atoms with Crippen LogP contribution >= 0.6 is 0 Å². The number of ether oxygens (including phenoxy) is 2. The summed E-state index contributed by atoms with van der Waals surface area (Å²) < 4.78 is 48.4. The number of aromatic nitrogens is 3. The quantitative estimate of drug-likeness (QED) is 0.702. The zero-order valence-corrected chi connectivity index (χ0v) is 13.0. The van der Waals surface area contributed by atoms with Gasteiger partial charge in [0.15, 0.2) is 0 Å². The second kappa shape index (κ2) is 6.76. The second-order valence-corrected chi connectivity index (χ2v) is 4.97. The molecule has 0 aliphatic heterocycles. The number of pyridine rings is 1. The van der Waals surface area contributed by atoms with Gasteiger partial charge in [-0.25, -0.2) is 15.0 Å². The molecule has 0 saturated heterocycles. The molecule has 0 spiro atoms. The van der Waals surface area contributed by atoms with Crippen LogP contribution in [0.15, 0.2) is 55.0 Å². The Morgan fingerprint density at radius 2 is 1.60 bits per heavy atom. The van der Waals surface area contributed by atoms with Gasteiger partial charge in [-0.3, -0.25) is 0 Å². The van der Waals surface area contributed by atoms with Gasteiger partial charge in [0.1, 0.15) is 5.75 Å². The maximum Gasteiger partial charge on any atom is 0.416 e. The summed E-state index contributed by atoms with van der Waals surface area (Å²) in [5, 5.41) is 0. The number of hydrogen-bond acceptors (Lipinski definition) is 5. The van der Waals surface area contributed by atoms with E-state index < -0.39 is 11.7 Å². The number of benzene rings is 1. The Balaban J connectivity index is 1.76. The van der Waals surface area contributed by atoms with E-state index in [1.165, 1.54) is 31.6 Å². The zero-order valence-electron chi connectivity index (χ0n) is 13.0. The third-order valence-corrected chi connectivity index (χ3v) is 3.28. The summed E-state index contributed by atoms with van der Waals surface area (Å²) in [5.41, 5.74) is 0.656. The van der Waals surface area contributed by atoms with E-state index in [2.05, 4.69) is 15.0 Å². The molecule has 3 aromatic rings. The van der Waals surface area contributed by atoms with Gasteiger partial charge in [0.05, 0.1) is 12.7 Å². The van der Waals surface area contributed by atoms with E-state index in [0.29, 0.717) is 11.4 Å². The van der Waals surface area contributed by atoms with Gasteiger partial charge < -0.3 is 9.47 Å². The fourth-order valence-corrected chi connectivity index (χ4v) is 2.03. The molecule has 0 amide bonds. The topological polar surface area (TPSA) is 57.1 Å². The van der Waals surface area contributed by atoms with Crippen molar-refractivity contribution in [2.24, 2.45) is 0 Å². The summed E-state index contributed by atoms with van der Waals surface area (Å²) in [5.74, 6) is 0.489. The van der Waals surface area contributed by atoms with Gasteiger partial charge in [0, 0.05) is 35.8 Å². The van der Waals surface area contributed by atoms with Gasteiger partial charge >= 0.3 is 12.2 Å². The molecule has 1 aromatic carbocycles. The van der Waals surface area contributed by atoms with Crippen molar-refractivity contribution >= 4 is 0 Å². The van der Waals surface area contributed by atoms with Crippen molar-refractivity contribution in [2.45, 2.75) is 6.18 Å². The summed E-state index contributed by atoms with van der Waals surface area (Å²) >= 11 is 0. The van der Waals surface area contributed by atoms with Crippen LogP contribution < -0.4 is 9.47 Å². The van der Waals surface area contributed by atoms with Gasteiger partial charge in [-0.05, 0) is 24.3 Å². The van der Waals surface area contributed by atoms with Crippen LogP contribution in [0.2, 0.25) is 0 Å². The normalized spacial score (nSPS) is 11.2. The lowest BCUT2D eigenvalue weighted by atomic mass is 10.1. The molecule has 0 unspecified atom stereocenters. The van der Waals surface area contributed by atoms with Crippen molar-refractivity contribution in [1.29, 1.82) is 0 Å². The van der Waals surface area contributed by atoms with Crippen LogP contribution in [-0.4, -0.2) is 22.1 Å². The highest BCUT2D eigenvalue weighted by Gasteiger charge is 2.30. The van der Waals surface area contributed by atoms with Crippen LogP contribution in [0.4, 0.5) is 13.2 Å². The minimum absolute atomic E-state index is 0.00805. The van der Waals surface area contributed by atoms with E-state index >= 15 is 0 Å². The molecule has 0 aliphatic rings. The molecule has 0 fully saturated rings. The highest BCUT2D eigenvalue weighted by Crippen LogP contribution is 2.32. The Morgan fingerprint density at radius 1 is 0.880 bits per heavy atom. The molecule has 0 bridgehead atoms. The van der Waals surface area contributed by atoms with Crippen LogP contribution in [0, 0.1) is 0 Å². The molecule has 0 radical (unpaired) electrons. The molecule has 0 aliphatic carbocycles. The summed E-state index contributed by atoms with van der Waals surface area (Å²) in [6, 6.07) is 7.96. The maximum absolute atomic E-state index is 12.7. The average molecular weight is 347 g/mol. The molecule has 5 nitrogen and oxygen atoms in total. The second-order valence-electron chi connectivity index (χ2n) is 4.97. The van der Waals surface area contributed by atoms with Crippen LogP contribution in [-0.2, 0) is 6.18 Å². The minimum atomic E-state index is -4.44. The zero-order chi connectivity index (χ0) is 17.9. The minimum Gasteiger partial charge on any atom is -0.481 e. The predicted octanol–water partition coefficient (Wildman–Crippen LogP) is 4.36. The molecular formula is C17H12F3N3O2. The molecule has 0 atom stereocenters. The SMILES string of the molecule is COc1ccc(-c2cnc(Oc3cccc(C(F)(F)F)c3)nc2)cn1. The lowest BCUT2D eigenvalue weighted by molar-refractivity contribution is -0.137. The maximum atomic E-state index is 12.7. The van der Waals surface area contributed by atoms with Crippen LogP contribution in [0.5, 0.6) is 17.6 Å². The van der Waals surface area contributed by atoms with E-state index in [4.69, 9.17) is 9.47 Å². The lowest BCUT2D eigenvalue weighted by Gasteiger charge is -2.09. The number of rotatable bonds is 4. The van der Waals surface area contributed by atoms with Crippen molar-refractivity contribution in [1.82, 2.24) is 15.0 Å². The Labute approximate surface area is 141 Å². The molecule has 0 N–H and O–H groups in total. The van der Waals surface area contributed by atoms with Crippen LogP contribution in [0.25, 0.3) is 11.1 Å². The lowest BCUT2D eigenvalue weighted by Crippen LogP contribution is -2.04. The molecule has 0 saturated carbocycles. The highest BCUT2D eigenvalue weighted by molar-refractivity contribution is 5.60. The molecule has 128 valence electrons. The summed E-state index contributed by atoms with van der Waals surface area (Å²) in [4.78, 5) is 12.1. The van der Waals surface area contributed by atoms with Gasteiger partial charge in [-0.2, -0.15) is 13.2 Å². The molecule has 3 rings (SSSR count). The van der Waals surface area contributed by atoms with E-state index in [-0.39, 0.29) is 11.8 Å². The van der Waals surface area contributed by atoms with Crippen molar-refractivity contribution in [3.8, 4) is 28.8 Å². The fraction of sp³-hybridized carbons (Fsp3) is 0.118. The smallest absolute Gasteiger partial charge is 0.416 e. The molecule has 8 heteroatoms. The monoisotopic (exact) mass is 347 g/mol. The van der Waals surface area contributed by atoms with Crippen molar-refractivity contribution in [3.05, 3.63) is 60.6 Å². The van der Waals surface area contributed by atoms with Gasteiger partial charge in [0.2, 0.25) is 5.88 Å². The first kappa shape index (κ1) is 16.7. The van der Waals surface area contributed by atoms with E-state index in [1.54, 1.807) is 18.3 Å². The van der Waals surface area contributed by atoms with Crippen molar-refractivity contribution < 1.29 is 22.6 Å². The van der Waals surface area contributed by atoms with Crippen LogP contribution in [0.1, 0.15) is 5.56 Å². The first-order valence-corrected chi connectivity index (χ1v) is 7.13. The summed E-state index contributed by atoms with van der Waals surface area (Å²) in [6.45, 7) is 0. The number of hydrogen-bond donors (Lipinski definition) is 0. The Hall–Kier alpha value is -3.16. The summed E-state index contributed by atoms with van der Waals surface area (Å²) in [7, 11) is 1.52. The van der Waals surface area contributed by atoms with Crippen molar-refractivity contribution in [2.75, 3.05) is 7.11 Å². The van der Waals surface area contributed by atoms with E-state index in [0.717, 1.165) is 17.7 Å². The van der Waals surface area contributed by atoms with Crippen molar-refractivity contribution in [3.63, 3.8) is 0 Å². The highest BCUT2D eigenvalue weighted by atomic mass is 19.4. The van der Waals surface area contributed by atoms with E-state index in [9.17, 15) is 13.2 Å². The van der Waals surface area contributed by atoms with Crippen LogP contribution in [0.3, 0.4) is 0 Å². The molecular weight excluding hydrogens is 335 g/mol. The first-order chi connectivity index (χ1) is 12.0. The summed E-state index contributed by atoms with van der Waals surface area (Å²) in [6.07, 6.45) is 0.162. The number of methoxy groups -OCH3 is 1. The number of alkyl halides is 3. The molecule has 2 heterocycles. The Morgan fingerprint density at radius 3 is 2.20 bits per heavy atom. The molecule has 2 aromatic heterocycles. The Kier molecular flexibility index (Phi) is 4.51. The van der Waals surface area contributed by atoms with E-state index in [1.807, 2.05) is 0 Å². The van der Waals surface area contributed by atoms with Gasteiger partial charge in [-0.15, -0.1) is 0 Å². The standard InChI is InChI=1S/C17H12F3N3O2/c1-24-15-6-5-11(8-21-15)12-9-22-16(23-10-12)25-14-4-2-3-13(7-14)17(18,19)20/h2-10H,1H3. The largest absolute Gasteiger partial charge is 0.481 e. The Bertz CT molecular complexity index is 850. The number of nitrogens with zero attached hydrogens (tertiary/aromatic N) is 3. The molecule has 25 heavy (non-hydrogen) atoms. The fourth-order valence-electron chi connectivity index (χ4n) is 2.03.